The highest BCUT2D eigenvalue weighted by Crippen LogP contribution is 2.43. The molecule has 1 saturated carbocycles. The number of aromatic nitrogens is 2. The summed E-state index contributed by atoms with van der Waals surface area (Å²) in [4.78, 5) is 22.9. The van der Waals surface area contributed by atoms with Crippen molar-refractivity contribution < 1.29 is 27.9 Å². The maximum atomic E-state index is 13.6. The molecule has 0 saturated heterocycles. The van der Waals surface area contributed by atoms with E-state index in [1.165, 1.54) is 29.1 Å². The van der Waals surface area contributed by atoms with Crippen LogP contribution < -0.4 is 20.1 Å². The summed E-state index contributed by atoms with van der Waals surface area (Å²) in [5.74, 6) is -0.434. The van der Waals surface area contributed by atoms with Crippen LogP contribution in [0.3, 0.4) is 0 Å². The number of rotatable bonds is 8. The molecule has 1 aliphatic carbocycles. The van der Waals surface area contributed by atoms with Crippen molar-refractivity contribution in [2.24, 2.45) is 17.6 Å². The van der Waals surface area contributed by atoms with Crippen molar-refractivity contribution in [1.82, 2.24) is 9.78 Å². The summed E-state index contributed by atoms with van der Waals surface area (Å²) < 4.78 is 35.9. The Bertz CT molecular complexity index is 1200. The van der Waals surface area contributed by atoms with Crippen LogP contribution in [0.2, 0.25) is 5.15 Å². The minimum absolute atomic E-state index is 0.101. The molecule has 4 rings (SSSR count). The predicted octanol–water partition coefficient (Wildman–Crippen LogP) is 2.50. The fraction of sp³-hybridized carbons (Fsp3) is 0.450. The molecule has 2 amide bonds. The van der Waals surface area contributed by atoms with Gasteiger partial charge in [0.25, 0.3) is 10.0 Å². The van der Waals surface area contributed by atoms with Crippen LogP contribution in [0.5, 0.6) is 5.75 Å². The number of hydrogen-bond donors (Lipinski definition) is 3. The third-order valence-electron chi connectivity index (χ3n) is 5.79. The van der Waals surface area contributed by atoms with Gasteiger partial charge in [0.15, 0.2) is 5.15 Å². The smallest absolute Gasteiger partial charge is 0.409 e. The van der Waals surface area contributed by atoms with Gasteiger partial charge in [0.05, 0.1) is 12.2 Å². The van der Waals surface area contributed by atoms with E-state index in [4.69, 9.17) is 27.2 Å². The highest BCUT2D eigenvalue weighted by Gasteiger charge is 2.41. The van der Waals surface area contributed by atoms with Crippen LogP contribution in [0.4, 0.5) is 16.2 Å². The van der Waals surface area contributed by atoms with Crippen molar-refractivity contribution in [3.8, 4) is 5.75 Å². The molecule has 1 aromatic carbocycles. The Morgan fingerprint density at radius 3 is 2.70 bits per heavy atom. The molecule has 1 aliphatic heterocycles. The number of primary amides is 1. The van der Waals surface area contributed by atoms with E-state index in [9.17, 15) is 18.0 Å². The number of carbonyl (C=O) groups is 2. The third kappa shape index (κ3) is 4.71. The molecule has 0 radical (unpaired) electrons. The zero-order chi connectivity index (χ0) is 23.9. The van der Waals surface area contributed by atoms with E-state index in [0.717, 1.165) is 17.1 Å². The van der Waals surface area contributed by atoms with E-state index in [0.29, 0.717) is 6.54 Å². The van der Waals surface area contributed by atoms with E-state index in [1.807, 2.05) is 0 Å². The number of fused-ring (bicyclic) bond motifs is 1. The van der Waals surface area contributed by atoms with Gasteiger partial charge in [0, 0.05) is 24.3 Å². The molecule has 1 fully saturated rings. The van der Waals surface area contributed by atoms with Gasteiger partial charge in [-0.2, -0.15) is 5.10 Å². The Kier molecular flexibility index (Phi) is 6.14. The number of carboxylic acid groups (broad SMARTS) is 1. The van der Waals surface area contributed by atoms with Gasteiger partial charge in [0.1, 0.15) is 16.7 Å². The second-order valence-electron chi connectivity index (χ2n) is 8.11. The Morgan fingerprint density at radius 1 is 1.39 bits per heavy atom. The molecule has 33 heavy (non-hydrogen) atoms. The fourth-order valence-electron chi connectivity index (χ4n) is 4.02. The molecule has 2 aromatic rings. The lowest BCUT2D eigenvalue weighted by molar-refractivity contribution is -0.123. The molecular weight excluding hydrogens is 474 g/mol. The Labute approximate surface area is 195 Å². The van der Waals surface area contributed by atoms with Gasteiger partial charge in [-0.05, 0) is 50.3 Å². The SMILES string of the molecule is CCn1cc(S(=O)(=O)N2C[C@H](CC(C(N)=O)C3CC3)Oc3ccc(NC(=O)O)cc32)c(Cl)n1. The summed E-state index contributed by atoms with van der Waals surface area (Å²) in [6, 6.07) is 4.33. The fourth-order valence-corrected chi connectivity index (χ4v) is 5.97. The van der Waals surface area contributed by atoms with Crippen molar-refractivity contribution >= 4 is 45.0 Å². The molecule has 11 nitrogen and oxygen atoms in total. The van der Waals surface area contributed by atoms with Crippen molar-refractivity contribution in [2.45, 2.75) is 43.7 Å². The summed E-state index contributed by atoms with van der Waals surface area (Å²) in [5, 5.41) is 15.1. The maximum absolute atomic E-state index is 13.6. The van der Waals surface area contributed by atoms with Gasteiger partial charge >= 0.3 is 6.09 Å². The Hall–Kier alpha value is -2.99. The number of nitrogens with two attached hydrogens (primary N) is 1. The van der Waals surface area contributed by atoms with Crippen LogP contribution in [-0.2, 0) is 21.4 Å². The van der Waals surface area contributed by atoms with E-state index >= 15 is 0 Å². The first-order valence-corrected chi connectivity index (χ1v) is 12.3. The molecule has 178 valence electrons. The van der Waals surface area contributed by atoms with E-state index in [1.54, 1.807) is 6.92 Å². The number of benzene rings is 1. The van der Waals surface area contributed by atoms with E-state index < -0.39 is 34.0 Å². The van der Waals surface area contributed by atoms with Crippen LogP contribution in [0.25, 0.3) is 0 Å². The Balaban J connectivity index is 1.74. The Morgan fingerprint density at radius 2 is 2.12 bits per heavy atom. The van der Waals surface area contributed by atoms with E-state index in [-0.39, 0.29) is 46.1 Å². The number of nitrogens with zero attached hydrogens (tertiary/aromatic N) is 3. The number of aryl methyl sites for hydroxylation is 1. The third-order valence-corrected chi connectivity index (χ3v) is 7.97. The van der Waals surface area contributed by atoms with Gasteiger partial charge in [-0.1, -0.05) is 11.6 Å². The molecule has 2 heterocycles. The summed E-state index contributed by atoms with van der Waals surface area (Å²) in [5.41, 5.74) is 5.91. The number of anilines is 2. The number of carbonyl (C=O) groups excluding carboxylic acids is 1. The number of ether oxygens (including phenoxy) is 1. The molecule has 2 aliphatic rings. The maximum Gasteiger partial charge on any atom is 0.409 e. The van der Waals surface area contributed by atoms with Crippen molar-refractivity contribution in [3.63, 3.8) is 0 Å². The largest absolute Gasteiger partial charge is 0.486 e. The van der Waals surface area contributed by atoms with Crippen LogP contribution >= 0.6 is 11.6 Å². The normalized spacial score (nSPS) is 18.8. The lowest BCUT2D eigenvalue weighted by Gasteiger charge is -2.36. The summed E-state index contributed by atoms with van der Waals surface area (Å²) in [6.07, 6.45) is 1.48. The van der Waals surface area contributed by atoms with Gasteiger partial charge in [-0.3, -0.25) is 19.1 Å². The minimum atomic E-state index is -4.19. The van der Waals surface area contributed by atoms with Crippen molar-refractivity contribution in [3.05, 3.63) is 29.5 Å². The first-order chi connectivity index (χ1) is 15.6. The standard InChI is InChI=1S/C20H24ClN5O6S/c1-2-25-10-17(18(21)24-25)33(30,31)26-9-13(8-14(19(22)27)11-3-4-11)32-16-6-5-12(7-15(16)26)23-20(28)29/h5-7,10-11,13-14,23H,2-4,8-9H2,1H3,(H2,22,27)(H,28,29)/t13-,14?/m0/s1. The average molecular weight is 498 g/mol. The molecular formula is C20H24ClN5O6S. The molecule has 4 N–H and O–H groups in total. The van der Waals surface area contributed by atoms with Gasteiger partial charge in [-0.25, -0.2) is 13.2 Å². The van der Waals surface area contributed by atoms with Crippen LogP contribution in [0.1, 0.15) is 26.2 Å². The number of hydrogen-bond acceptors (Lipinski definition) is 6. The highest BCUT2D eigenvalue weighted by molar-refractivity contribution is 7.93. The van der Waals surface area contributed by atoms with Gasteiger partial charge in [0.2, 0.25) is 5.91 Å². The topological polar surface area (TPSA) is 157 Å². The molecule has 1 aromatic heterocycles. The molecule has 0 bridgehead atoms. The zero-order valence-electron chi connectivity index (χ0n) is 17.8. The summed E-state index contributed by atoms with van der Waals surface area (Å²) in [6.45, 7) is 2.12. The lowest BCUT2D eigenvalue weighted by atomic mass is 9.95. The minimum Gasteiger partial charge on any atom is -0.486 e. The second-order valence-corrected chi connectivity index (χ2v) is 10.3. The summed E-state index contributed by atoms with van der Waals surface area (Å²) >= 11 is 6.15. The zero-order valence-corrected chi connectivity index (χ0v) is 19.3. The number of nitrogens with one attached hydrogen (secondary N) is 1. The molecule has 2 atom stereocenters. The predicted molar refractivity (Wildman–Crippen MR) is 120 cm³/mol. The van der Waals surface area contributed by atoms with Gasteiger partial charge < -0.3 is 15.6 Å². The van der Waals surface area contributed by atoms with Crippen molar-refractivity contribution in [2.75, 3.05) is 16.2 Å². The van der Waals surface area contributed by atoms with Gasteiger partial charge in [-0.15, -0.1) is 0 Å². The first-order valence-electron chi connectivity index (χ1n) is 10.5. The molecule has 0 spiro atoms. The lowest BCUT2D eigenvalue weighted by Crippen LogP contribution is -2.45. The van der Waals surface area contributed by atoms with Crippen molar-refractivity contribution in [1.29, 1.82) is 0 Å². The number of sulfonamides is 1. The van der Waals surface area contributed by atoms with Crippen LogP contribution in [-0.4, -0.2) is 48.0 Å². The van der Waals surface area contributed by atoms with Crippen LogP contribution in [0, 0.1) is 11.8 Å². The quantitative estimate of drug-likeness (QED) is 0.505. The van der Waals surface area contributed by atoms with E-state index in [2.05, 4.69) is 10.4 Å². The number of amides is 2. The average Bonchev–Trinajstić information content (AvgIpc) is 3.51. The van der Waals surface area contributed by atoms with Crippen LogP contribution in [0.15, 0.2) is 29.3 Å². The molecule has 1 unspecified atom stereocenters. The monoisotopic (exact) mass is 497 g/mol. The summed E-state index contributed by atoms with van der Waals surface area (Å²) in [7, 11) is -4.19. The number of halogens is 1. The highest BCUT2D eigenvalue weighted by atomic mass is 35.5. The molecule has 13 heteroatoms. The first kappa shape index (κ1) is 23.2. The second kappa shape index (κ2) is 8.75.